The van der Waals surface area contributed by atoms with Gasteiger partial charge in [-0.1, -0.05) is 31.7 Å². The minimum atomic E-state index is -0.385. The summed E-state index contributed by atoms with van der Waals surface area (Å²) >= 11 is 0. The summed E-state index contributed by atoms with van der Waals surface area (Å²) in [5.41, 5.74) is 2.30. The minimum Gasteiger partial charge on any atom is -0.507 e. The molecule has 4 nitrogen and oxygen atoms in total. The second kappa shape index (κ2) is 4.44. The zero-order chi connectivity index (χ0) is 13.5. The first-order chi connectivity index (χ1) is 9.12. The van der Waals surface area contributed by atoms with Gasteiger partial charge in [-0.25, -0.2) is 4.79 Å². The number of benzene rings is 1. The molecular formula is C15H20N2O2. The molecule has 3 N–H and O–H groups in total. The quantitative estimate of drug-likeness (QED) is 0.669. The third kappa shape index (κ3) is 1.95. The first kappa shape index (κ1) is 12.3. The Kier molecular flexibility index (Phi) is 2.88. The van der Waals surface area contributed by atoms with E-state index in [0.29, 0.717) is 0 Å². The van der Waals surface area contributed by atoms with Crippen molar-refractivity contribution in [3.63, 3.8) is 0 Å². The van der Waals surface area contributed by atoms with Gasteiger partial charge in [0.2, 0.25) is 0 Å². The smallest absolute Gasteiger partial charge is 0.319 e. The molecule has 0 radical (unpaired) electrons. The Hall–Kier alpha value is -1.71. The SMILES string of the molecule is Cc1ccc(O)c2c1NC(=O)NC21CCCCCC1. The van der Waals surface area contributed by atoms with Gasteiger partial charge in [0.05, 0.1) is 11.2 Å². The zero-order valence-corrected chi connectivity index (χ0v) is 11.3. The highest BCUT2D eigenvalue weighted by molar-refractivity contribution is 5.95. The summed E-state index contributed by atoms with van der Waals surface area (Å²) in [5.74, 6) is 0.287. The van der Waals surface area contributed by atoms with Crippen LogP contribution in [0.4, 0.5) is 10.5 Å². The molecule has 4 heteroatoms. The number of amides is 2. The number of aromatic hydroxyl groups is 1. The van der Waals surface area contributed by atoms with E-state index in [1.807, 2.05) is 13.0 Å². The predicted molar refractivity (Wildman–Crippen MR) is 74.4 cm³/mol. The van der Waals surface area contributed by atoms with Gasteiger partial charge in [-0.3, -0.25) is 0 Å². The highest BCUT2D eigenvalue weighted by atomic mass is 16.3. The van der Waals surface area contributed by atoms with E-state index in [9.17, 15) is 9.90 Å². The van der Waals surface area contributed by atoms with Gasteiger partial charge in [-0.05, 0) is 31.4 Å². The molecular weight excluding hydrogens is 240 g/mol. The maximum absolute atomic E-state index is 12.0. The van der Waals surface area contributed by atoms with E-state index < -0.39 is 0 Å². The molecule has 2 amide bonds. The normalized spacial score (nSPS) is 21.2. The molecule has 0 atom stereocenters. The zero-order valence-electron chi connectivity index (χ0n) is 11.3. The van der Waals surface area contributed by atoms with E-state index in [-0.39, 0.29) is 17.3 Å². The van der Waals surface area contributed by atoms with E-state index >= 15 is 0 Å². The second-order valence-electron chi connectivity index (χ2n) is 5.73. The van der Waals surface area contributed by atoms with Crippen molar-refractivity contribution in [3.8, 4) is 5.75 Å². The molecule has 1 heterocycles. The number of urea groups is 1. The van der Waals surface area contributed by atoms with Gasteiger partial charge < -0.3 is 15.7 Å². The van der Waals surface area contributed by atoms with Crippen LogP contribution in [0.15, 0.2) is 12.1 Å². The van der Waals surface area contributed by atoms with Gasteiger partial charge in [0.25, 0.3) is 0 Å². The Balaban J connectivity index is 2.17. The van der Waals surface area contributed by atoms with Gasteiger partial charge in [0, 0.05) is 5.56 Å². The van der Waals surface area contributed by atoms with Crippen molar-refractivity contribution < 1.29 is 9.90 Å². The number of anilines is 1. The Bertz CT molecular complexity index is 517. The molecule has 3 rings (SSSR count). The first-order valence-corrected chi connectivity index (χ1v) is 7.05. The van der Waals surface area contributed by atoms with Crippen LogP contribution in [0, 0.1) is 6.92 Å². The fourth-order valence-corrected chi connectivity index (χ4v) is 3.47. The number of fused-ring (bicyclic) bond motifs is 2. The van der Waals surface area contributed by atoms with Crippen molar-refractivity contribution in [1.82, 2.24) is 5.32 Å². The molecule has 102 valence electrons. The second-order valence-corrected chi connectivity index (χ2v) is 5.73. The van der Waals surface area contributed by atoms with Crippen molar-refractivity contribution in [2.45, 2.75) is 51.0 Å². The van der Waals surface area contributed by atoms with E-state index in [4.69, 9.17) is 0 Å². The van der Waals surface area contributed by atoms with Crippen LogP contribution in [0.25, 0.3) is 0 Å². The lowest BCUT2D eigenvalue weighted by atomic mass is 9.79. The van der Waals surface area contributed by atoms with Gasteiger partial charge in [-0.2, -0.15) is 0 Å². The summed E-state index contributed by atoms with van der Waals surface area (Å²) in [6.45, 7) is 1.97. The van der Waals surface area contributed by atoms with E-state index in [1.165, 1.54) is 12.8 Å². The maximum atomic E-state index is 12.0. The van der Waals surface area contributed by atoms with Crippen LogP contribution in [-0.4, -0.2) is 11.1 Å². The molecule has 1 fully saturated rings. The largest absolute Gasteiger partial charge is 0.507 e. The van der Waals surface area contributed by atoms with E-state index in [2.05, 4.69) is 10.6 Å². The van der Waals surface area contributed by atoms with Crippen LogP contribution in [0.2, 0.25) is 0 Å². The van der Waals surface area contributed by atoms with Crippen LogP contribution < -0.4 is 10.6 Å². The third-order valence-electron chi connectivity index (χ3n) is 4.42. The maximum Gasteiger partial charge on any atom is 0.319 e. The molecule has 0 saturated heterocycles. The summed E-state index contributed by atoms with van der Waals surface area (Å²) in [4.78, 5) is 12.0. The first-order valence-electron chi connectivity index (χ1n) is 7.05. The fourth-order valence-electron chi connectivity index (χ4n) is 3.47. The van der Waals surface area contributed by atoms with Crippen molar-refractivity contribution >= 4 is 11.7 Å². The van der Waals surface area contributed by atoms with Crippen LogP contribution in [0.3, 0.4) is 0 Å². The number of phenols is 1. The molecule has 19 heavy (non-hydrogen) atoms. The van der Waals surface area contributed by atoms with Gasteiger partial charge in [0.1, 0.15) is 5.75 Å². The van der Waals surface area contributed by atoms with Crippen molar-refractivity contribution in [2.75, 3.05) is 5.32 Å². The van der Waals surface area contributed by atoms with Crippen molar-refractivity contribution in [1.29, 1.82) is 0 Å². The standard InChI is InChI=1S/C15H20N2O2/c1-10-6-7-11(18)12-13(10)16-14(19)17-15(12)8-4-2-3-5-9-15/h6-7,18H,2-5,8-9H2,1H3,(H2,16,17,19). The molecule has 2 aliphatic rings. The average Bonchev–Trinajstić information content (AvgIpc) is 2.59. The van der Waals surface area contributed by atoms with Crippen LogP contribution in [-0.2, 0) is 5.54 Å². The number of carbonyl (C=O) groups excluding carboxylic acids is 1. The monoisotopic (exact) mass is 260 g/mol. The molecule has 1 saturated carbocycles. The van der Waals surface area contributed by atoms with Crippen LogP contribution >= 0.6 is 0 Å². The highest BCUT2D eigenvalue weighted by Gasteiger charge is 2.42. The van der Waals surface area contributed by atoms with Gasteiger partial charge in [0.15, 0.2) is 0 Å². The lowest BCUT2D eigenvalue weighted by Gasteiger charge is -2.40. The predicted octanol–water partition coefficient (Wildman–Crippen LogP) is 3.39. The summed E-state index contributed by atoms with van der Waals surface area (Å²) in [6.07, 6.45) is 6.40. The molecule has 1 aromatic rings. The number of hydrogen-bond donors (Lipinski definition) is 3. The van der Waals surface area contributed by atoms with Crippen LogP contribution in [0.1, 0.15) is 49.7 Å². The third-order valence-corrected chi connectivity index (χ3v) is 4.42. The topological polar surface area (TPSA) is 61.4 Å². The number of rotatable bonds is 0. The molecule has 0 unspecified atom stereocenters. The van der Waals surface area contributed by atoms with Gasteiger partial charge in [-0.15, -0.1) is 0 Å². The summed E-state index contributed by atoms with van der Waals surface area (Å²) in [6, 6.07) is 3.44. The Morgan fingerprint density at radius 3 is 2.53 bits per heavy atom. The minimum absolute atomic E-state index is 0.150. The number of carbonyl (C=O) groups is 1. The molecule has 0 aromatic heterocycles. The average molecular weight is 260 g/mol. The van der Waals surface area contributed by atoms with E-state index in [0.717, 1.165) is 42.5 Å². The molecule has 1 spiro atoms. The van der Waals surface area contributed by atoms with E-state index in [1.54, 1.807) is 6.07 Å². The Morgan fingerprint density at radius 1 is 1.16 bits per heavy atom. The fraction of sp³-hybridized carbons (Fsp3) is 0.533. The van der Waals surface area contributed by atoms with Gasteiger partial charge >= 0.3 is 6.03 Å². The highest BCUT2D eigenvalue weighted by Crippen LogP contribution is 2.46. The summed E-state index contributed by atoms with van der Waals surface area (Å²) < 4.78 is 0. The Labute approximate surface area is 113 Å². The van der Waals surface area contributed by atoms with Crippen molar-refractivity contribution in [3.05, 3.63) is 23.3 Å². The number of phenolic OH excluding ortho intramolecular Hbond substituents is 1. The number of nitrogens with one attached hydrogen (secondary N) is 2. The molecule has 0 bridgehead atoms. The van der Waals surface area contributed by atoms with Crippen LogP contribution in [0.5, 0.6) is 5.75 Å². The number of hydrogen-bond acceptors (Lipinski definition) is 2. The molecule has 1 aliphatic heterocycles. The number of aryl methyl sites for hydroxylation is 1. The summed E-state index contributed by atoms with van der Waals surface area (Å²) in [7, 11) is 0. The van der Waals surface area contributed by atoms with Crippen molar-refractivity contribution in [2.24, 2.45) is 0 Å². The lowest BCUT2D eigenvalue weighted by molar-refractivity contribution is 0.223. The lowest BCUT2D eigenvalue weighted by Crippen LogP contribution is -2.51. The summed E-state index contributed by atoms with van der Waals surface area (Å²) in [5, 5.41) is 16.2. The molecule has 1 aliphatic carbocycles. The molecule has 1 aromatic carbocycles. The Morgan fingerprint density at radius 2 is 1.84 bits per heavy atom.